The molecule has 5 heteroatoms. The van der Waals surface area contributed by atoms with Gasteiger partial charge in [-0.25, -0.2) is 4.39 Å². The van der Waals surface area contributed by atoms with Gasteiger partial charge in [0.1, 0.15) is 5.82 Å². The predicted octanol–water partition coefficient (Wildman–Crippen LogP) is 3.91. The third-order valence-electron chi connectivity index (χ3n) is 3.74. The standard InChI is InChI=1S/C17H13ClFNO2/c1-9(21)15-16(10-2-5-12(19)6-3-10)13-8-11(18)4-7-14(13)20-17(15)22/h2-3,5-6,8H,4,7H2,1H3,(H,20,22). The van der Waals surface area contributed by atoms with Crippen molar-refractivity contribution in [3.63, 3.8) is 0 Å². The van der Waals surface area contributed by atoms with Crippen molar-refractivity contribution >= 4 is 23.5 Å². The first-order valence-electron chi connectivity index (χ1n) is 6.89. The number of ketones is 1. The summed E-state index contributed by atoms with van der Waals surface area (Å²) in [4.78, 5) is 27.0. The van der Waals surface area contributed by atoms with E-state index in [1.807, 2.05) is 0 Å². The number of pyridine rings is 1. The van der Waals surface area contributed by atoms with Crippen LogP contribution in [0.1, 0.15) is 35.0 Å². The number of carbonyl (C=O) groups excluding carboxylic acids is 1. The molecule has 1 aliphatic rings. The zero-order chi connectivity index (χ0) is 15.9. The molecule has 1 heterocycles. The molecule has 0 bridgehead atoms. The fourth-order valence-corrected chi connectivity index (χ4v) is 2.95. The Bertz CT molecular complexity index is 850. The number of aryl methyl sites for hydroxylation is 1. The molecule has 1 aromatic heterocycles. The summed E-state index contributed by atoms with van der Waals surface area (Å²) >= 11 is 6.12. The van der Waals surface area contributed by atoms with Crippen LogP contribution in [0.4, 0.5) is 4.39 Å². The van der Waals surface area contributed by atoms with E-state index in [1.165, 1.54) is 19.1 Å². The number of allylic oxidation sites excluding steroid dienone is 1. The second kappa shape index (κ2) is 5.54. The molecule has 2 aromatic rings. The fraction of sp³-hybridized carbons (Fsp3) is 0.176. The van der Waals surface area contributed by atoms with Gasteiger partial charge in [0, 0.05) is 21.9 Å². The number of aromatic nitrogens is 1. The fourth-order valence-electron chi connectivity index (χ4n) is 2.75. The van der Waals surface area contributed by atoms with Crippen LogP contribution in [-0.4, -0.2) is 10.8 Å². The minimum absolute atomic E-state index is 0.0768. The number of H-pyrrole nitrogens is 1. The van der Waals surface area contributed by atoms with Gasteiger partial charge in [-0.3, -0.25) is 9.59 Å². The molecule has 1 aromatic carbocycles. The highest BCUT2D eigenvalue weighted by Crippen LogP contribution is 2.34. The monoisotopic (exact) mass is 317 g/mol. The van der Waals surface area contributed by atoms with Gasteiger partial charge >= 0.3 is 0 Å². The number of nitrogens with one attached hydrogen (secondary N) is 1. The van der Waals surface area contributed by atoms with Crippen LogP contribution < -0.4 is 5.56 Å². The Hall–Kier alpha value is -2.20. The molecular formula is C17H13ClFNO2. The summed E-state index contributed by atoms with van der Waals surface area (Å²) in [5.41, 5.74) is 2.28. The highest BCUT2D eigenvalue weighted by atomic mass is 35.5. The van der Waals surface area contributed by atoms with Gasteiger partial charge in [-0.2, -0.15) is 0 Å². The lowest BCUT2D eigenvalue weighted by Crippen LogP contribution is -2.22. The molecule has 1 aliphatic carbocycles. The average Bonchev–Trinajstić information content (AvgIpc) is 2.47. The number of aromatic amines is 1. The first kappa shape index (κ1) is 14.7. The zero-order valence-corrected chi connectivity index (χ0v) is 12.6. The summed E-state index contributed by atoms with van der Waals surface area (Å²) in [6.07, 6.45) is 3.01. The van der Waals surface area contributed by atoms with Gasteiger partial charge in [0.25, 0.3) is 5.56 Å². The normalized spacial score (nSPS) is 13.5. The maximum absolute atomic E-state index is 13.2. The van der Waals surface area contributed by atoms with E-state index < -0.39 is 5.56 Å². The van der Waals surface area contributed by atoms with E-state index in [0.29, 0.717) is 29.0 Å². The number of hydrogen-bond acceptors (Lipinski definition) is 2. The Morgan fingerprint density at radius 1 is 1.23 bits per heavy atom. The first-order valence-corrected chi connectivity index (χ1v) is 7.27. The molecule has 0 fully saturated rings. The van der Waals surface area contributed by atoms with Gasteiger partial charge in [-0.1, -0.05) is 23.7 Å². The van der Waals surface area contributed by atoms with E-state index in [1.54, 1.807) is 18.2 Å². The third kappa shape index (κ3) is 2.50. The number of carbonyl (C=O) groups is 1. The van der Waals surface area contributed by atoms with Crippen molar-refractivity contribution in [3.05, 3.63) is 62.3 Å². The first-order chi connectivity index (χ1) is 10.5. The van der Waals surface area contributed by atoms with Crippen LogP contribution in [0.2, 0.25) is 0 Å². The predicted molar refractivity (Wildman–Crippen MR) is 84.6 cm³/mol. The van der Waals surface area contributed by atoms with Crippen molar-refractivity contribution in [2.45, 2.75) is 19.8 Å². The summed E-state index contributed by atoms with van der Waals surface area (Å²) in [7, 11) is 0. The van der Waals surface area contributed by atoms with Gasteiger partial charge < -0.3 is 4.98 Å². The van der Waals surface area contributed by atoms with E-state index in [0.717, 1.165) is 11.3 Å². The molecule has 0 spiro atoms. The van der Waals surface area contributed by atoms with Gasteiger partial charge in [0.2, 0.25) is 0 Å². The molecule has 3 nitrogen and oxygen atoms in total. The highest BCUT2D eigenvalue weighted by Gasteiger charge is 2.22. The number of Topliss-reactive ketones (excluding diaryl/α,β-unsaturated/α-hetero) is 1. The Morgan fingerprint density at radius 3 is 2.55 bits per heavy atom. The molecule has 0 amide bonds. The second-order valence-electron chi connectivity index (χ2n) is 5.25. The van der Waals surface area contributed by atoms with E-state index >= 15 is 0 Å². The van der Waals surface area contributed by atoms with Gasteiger partial charge in [0.15, 0.2) is 5.78 Å². The van der Waals surface area contributed by atoms with E-state index in [9.17, 15) is 14.0 Å². The largest absolute Gasteiger partial charge is 0.325 e. The van der Waals surface area contributed by atoms with Crippen molar-refractivity contribution in [1.29, 1.82) is 0 Å². The molecule has 112 valence electrons. The number of fused-ring (bicyclic) bond motifs is 1. The summed E-state index contributed by atoms with van der Waals surface area (Å²) in [5, 5.41) is 0.664. The third-order valence-corrected chi connectivity index (χ3v) is 4.03. The summed E-state index contributed by atoms with van der Waals surface area (Å²) in [5.74, 6) is -0.709. The maximum atomic E-state index is 13.2. The lowest BCUT2D eigenvalue weighted by Gasteiger charge is -2.19. The van der Waals surface area contributed by atoms with Crippen LogP contribution in [0.15, 0.2) is 34.1 Å². The van der Waals surface area contributed by atoms with Crippen LogP contribution in [-0.2, 0) is 6.42 Å². The van der Waals surface area contributed by atoms with Crippen molar-refractivity contribution < 1.29 is 9.18 Å². The quantitative estimate of drug-likeness (QED) is 0.854. The van der Waals surface area contributed by atoms with Crippen LogP contribution in [0, 0.1) is 5.82 Å². The molecule has 0 saturated heterocycles. The molecule has 0 atom stereocenters. The molecule has 3 rings (SSSR count). The maximum Gasteiger partial charge on any atom is 0.259 e. The zero-order valence-electron chi connectivity index (χ0n) is 11.9. The SMILES string of the molecule is CC(=O)c1c(-c2ccc(F)cc2)c2c([nH]c1=O)CCC(Cl)=C2. The van der Waals surface area contributed by atoms with Gasteiger partial charge in [-0.15, -0.1) is 0 Å². The second-order valence-corrected chi connectivity index (χ2v) is 5.74. The Morgan fingerprint density at radius 2 is 1.91 bits per heavy atom. The Labute approximate surface area is 131 Å². The van der Waals surface area contributed by atoms with Gasteiger partial charge in [0.05, 0.1) is 5.56 Å². The van der Waals surface area contributed by atoms with Crippen molar-refractivity contribution in [2.75, 3.05) is 0 Å². The van der Waals surface area contributed by atoms with E-state index in [-0.39, 0.29) is 17.2 Å². The van der Waals surface area contributed by atoms with Crippen molar-refractivity contribution in [2.24, 2.45) is 0 Å². The summed E-state index contributed by atoms with van der Waals surface area (Å²) in [6, 6.07) is 5.74. The highest BCUT2D eigenvalue weighted by molar-refractivity contribution is 6.31. The molecule has 1 N–H and O–H groups in total. The van der Waals surface area contributed by atoms with Crippen LogP contribution in [0.3, 0.4) is 0 Å². The van der Waals surface area contributed by atoms with Crippen LogP contribution in [0.5, 0.6) is 0 Å². The summed E-state index contributed by atoms with van der Waals surface area (Å²) < 4.78 is 13.2. The molecule has 22 heavy (non-hydrogen) atoms. The lowest BCUT2D eigenvalue weighted by molar-refractivity contribution is 0.101. The molecule has 0 radical (unpaired) electrons. The van der Waals surface area contributed by atoms with Crippen LogP contribution in [0.25, 0.3) is 17.2 Å². The average molecular weight is 318 g/mol. The van der Waals surface area contributed by atoms with E-state index in [4.69, 9.17) is 11.6 Å². The minimum Gasteiger partial charge on any atom is -0.325 e. The molecule has 0 saturated carbocycles. The number of benzene rings is 1. The number of hydrogen-bond donors (Lipinski definition) is 1. The number of halogens is 2. The molecule has 0 unspecified atom stereocenters. The number of rotatable bonds is 2. The Kier molecular flexibility index (Phi) is 3.71. The van der Waals surface area contributed by atoms with E-state index in [2.05, 4.69) is 4.98 Å². The van der Waals surface area contributed by atoms with Crippen molar-refractivity contribution in [1.82, 2.24) is 4.98 Å². The summed E-state index contributed by atoms with van der Waals surface area (Å²) in [6.45, 7) is 1.35. The Balaban J connectivity index is 2.40. The molecule has 0 aliphatic heterocycles. The smallest absolute Gasteiger partial charge is 0.259 e. The van der Waals surface area contributed by atoms with Gasteiger partial charge in [-0.05, 0) is 43.5 Å². The topological polar surface area (TPSA) is 49.9 Å². The molecular weight excluding hydrogens is 305 g/mol. The van der Waals surface area contributed by atoms with Crippen LogP contribution >= 0.6 is 11.6 Å². The minimum atomic E-state index is -0.419. The van der Waals surface area contributed by atoms with Crippen molar-refractivity contribution in [3.8, 4) is 11.1 Å². The lowest BCUT2D eigenvalue weighted by atomic mass is 9.89.